The van der Waals surface area contributed by atoms with Crippen molar-refractivity contribution in [2.24, 2.45) is 5.73 Å². The second kappa shape index (κ2) is 6.37. The van der Waals surface area contributed by atoms with Crippen molar-refractivity contribution < 1.29 is 4.39 Å². The van der Waals surface area contributed by atoms with Gasteiger partial charge in [-0.3, -0.25) is 0 Å². The van der Waals surface area contributed by atoms with Gasteiger partial charge in [0.15, 0.2) is 0 Å². The lowest BCUT2D eigenvalue weighted by Crippen LogP contribution is -2.15. The summed E-state index contributed by atoms with van der Waals surface area (Å²) in [6.07, 6.45) is 0. The molecule has 0 amide bonds. The van der Waals surface area contributed by atoms with E-state index in [1.54, 1.807) is 23.5 Å². The molecule has 1 aromatic heterocycles. The molecular weight excluding hydrogens is 259 g/mol. The summed E-state index contributed by atoms with van der Waals surface area (Å²) in [6.45, 7) is 1.15. The van der Waals surface area contributed by atoms with Crippen LogP contribution in [0.15, 0.2) is 35.7 Å². The number of halogens is 1. The molecule has 2 N–H and O–H groups in total. The SMILES string of the molecule is CN(Cc1cc(C#CCN)cs1)c1ccc(F)cc1. The number of thiophene rings is 1. The van der Waals surface area contributed by atoms with E-state index < -0.39 is 0 Å². The smallest absolute Gasteiger partial charge is 0.123 e. The van der Waals surface area contributed by atoms with Gasteiger partial charge in [0.25, 0.3) is 0 Å². The third-order valence-electron chi connectivity index (χ3n) is 2.65. The Balaban J connectivity index is 2.04. The molecule has 2 aromatic rings. The fourth-order valence-corrected chi connectivity index (χ4v) is 2.57. The molecule has 0 spiro atoms. The average molecular weight is 274 g/mol. The van der Waals surface area contributed by atoms with Crippen molar-refractivity contribution in [3.8, 4) is 11.8 Å². The monoisotopic (exact) mass is 274 g/mol. The Kier molecular flexibility index (Phi) is 4.56. The zero-order chi connectivity index (χ0) is 13.7. The van der Waals surface area contributed by atoms with Gasteiger partial charge >= 0.3 is 0 Å². The highest BCUT2D eigenvalue weighted by Gasteiger charge is 2.04. The van der Waals surface area contributed by atoms with Gasteiger partial charge in [-0.15, -0.1) is 11.3 Å². The topological polar surface area (TPSA) is 29.3 Å². The number of anilines is 1. The number of hydrogen-bond acceptors (Lipinski definition) is 3. The molecule has 0 unspecified atom stereocenters. The van der Waals surface area contributed by atoms with Crippen molar-refractivity contribution in [1.82, 2.24) is 0 Å². The minimum absolute atomic E-state index is 0.215. The van der Waals surface area contributed by atoms with E-state index in [1.807, 2.05) is 12.4 Å². The number of nitrogens with two attached hydrogens (primary N) is 1. The molecule has 0 fully saturated rings. The molecule has 98 valence electrons. The van der Waals surface area contributed by atoms with Crippen molar-refractivity contribution in [2.75, 3.05) is 18.5 Å². The number of benzene rings is 1. The Bertz CT molecular complexity index is 593. The van der Waals surface area contributed by atoms with Crippen molar-refractivity contribution in [3.63, 3.8) is 0 Å². The van der Waals surface area contributed by atoms with Gasteiger partial charge in [-0.05, 0) is 30.3 Å². The molecule has 2 nitrogen and oxygen atoms in total. The summed E-state index contributed by atoms with van der Waals surface area (Å²) in [6, 6.07) is 8.56. The van der Waals surface area contributed by atoms with Gasteiger partial charge in [0.1, 0.15) is 5.82 Å². The van der Waals surface area contributed by atoms with Crippen LogP contribution in [0.4, 0.5) is 10.1 Å². The van der Waals surface area contributed by atoms with Crippen molar-refractivity contribution in [3.05, 3.63) is 52.0 Å². The molecule has 0 radical (unpaired) electrons. The molecule has 0 saturated carbocycles. The van der Waals surface area contributed by atoms with E-state index in [2.05, 4.69) is 22.8 Å². The van der Waals surface area contributed by atoms with Crippen LogP contribution in [0.25, 0.3) is 0 Å². The second-order valence-electron chi connectivity index (χ2n) is 4.14. The van der Waals surface area contributed by atoms with E-state index in [-0.39, 0.29) is 5.82 Å². The highest BCUT2D eigenvalue weighted by atomic mass is 32.1. The third kappa shape index (κ3) is 3.82. The molecule has 1 heterocycles. The summed E-state index contributed by atoms with van der Waals surface area (Å²) in [7, 11) is 1.98. The van der Waals surface area contributed by atoms with Crippen LogP contribution in [-0.2, 0) is 6.54 Å². The van der Waals surface area contributed by atoms with Crippen molar-refractivity contribution >= 4 is 17.0 Å². The molecule has 0 atom stereocenters. The lowest BCUT2D eigenvalue weighted by Gasteiger charge is -2.18. The first-order valence-corrected chi connectivity index (χ1v) is 6.80. The average Bonchev–Trinajstić information content (AvgIpc) is 2.84. The zero-order valence-corrected chi connectivity index (χ0v) is 11.5. The van der Waals surface area contributed by atoms with Crippen LogP contribution in [0.3, 0.4) is 0 Å². The van der Waals surface area contributed by atoms with Crippen LogP contribution in [-0.4, -0.2) is 13.6 Å². The minimum Gasteiger partial charge on any atom is -0.369 e. The van der Waals surface area contributed by atoms with E-state index in [0.29, 0.717) is 6.54 Å². The highest BCUT2D eigenvalue weighted by Crippen LogP contribution is 2.20. The van der Waals surface area contributed by atoms with Crippen LogP contribution in [0.1, 0.15) is 10.4 Å². The molecule has 0 saturated heterocycles. The van der Waals surface area contributed by atoms with Crippen molar-refractivity contribution in [2.45, 2.75) is 6.54 Å². The summed E-state index contributed by atoms with van der Waals surface area (Å²) in [5, 5.41) is 2.02. The summed E-state index contributed by atoms with van der Waals surface area (Å²) in [5.74, 6) is 5.64. The first-order valence-electron chi connectivity index (χ1n) is 5.92. The molecular formula is C15H15FN2S. The van der Waals surface area contributed by atoms with Crippen LogP contribution >= 0.6 is 11.3 Å². The third-order valence-corrected chi connectivity index (χ3v) is 3.57. The summed E-state index contributed by atoms with van der Waals surface area (Å²) < 4.78 is 12.9. The Labute approximate surface area is 116 Å². The molecule has 1 aromatic carbocycles. The summed E-state index contributed by atoms with van der Waals surface area (Å²) in [4.78, 5) is 3.29. The first kappa shape index (κ1) is 13.6. The maximum atomic E-state index is 12.9. The number of hydrogen-bond donors (Lipinski definition) is 1. The number of rotatable bonds is 3. The molecule has 4 heteroatoms. The van der Waals surface area contributed by atoms with E-state index in [0.717, 1.165) is 17.8 Å². The van der Waals surface area contributed by atoms with Crippen LogP contribution in [0.5, 0.6) is 0 Å². The van der Waals surface area contributed by atoms with E-state index in [9.17, 15) is 4.39 Å². The largest absolute Gasteiger partial charge is 0.369 e. The fourth-order valence-electron chi connectivity index (χ4n) is 1.70. The summed E-state index contributed by atoms with van der Waals surface area (Å²) >= 11 is 1.67. The molecule has 0 aliphatic rings. The van der Waals surface area contributed by atoms with E-state index >= 15 is 0 Å². The lowest BCUT2D eigenvalue weighted by atomic mass is 10.2. The van der Waals surface area contributed by atoms with Crippen LogP contribution in [0, 0.1) is 17.7 Å². The molecule has 0 aliphatic carbocycles. The predicted octanol–water partition coefficient (Wildman–Crippen LogP) is 2.83. The van der Waals surface area contributed by atoms with Gasteiger partial charge in [0.05, 0.1) is 13.1 Å². The quantitative estimate of drug-likeness (QED) is 0.872. The van der Waals surface area contributed by atoms with Gasteiger partial charge in [-0.25, -0.2) is 4.39 Å². The maximum absolute atomic E-state index is 12.9. The highest BCUT2D eigenvalue weighted by molar-refractivity contribution is 7.10. The van der Waals surface area contributed by atoms with Crippen LogP contribution in [0.2, 0.25) is 0 Å². The van der Waals surface area contributed by atoms with Gasteiger partial charge in [-0.2, -0.15) is 0 Å². The Morgan fingerprint density at radius 2 is 2.05 bits per heavy atom. The van der Waals surface area contributed by atoms with Gasteiger partial charge in [0.2, 0.25) is 0 Å². The Morgan fingerprint density at radius 1 is 1.32 bits per heavy atom. The molecule has 0 bridgehead atoms. The van der Waals surface area contributed by atoms with E-state index in [4.69, 9.17) is 5.73 Å². The van der Waals surface area contributed by atoms with E-state index in [1.165, 1.54) is 17.0 Å². The molecule has 19 heavy (non-hydrogen) atoms. The van der Waals surface area contributed by atoms with Gasteiger partial charge in [-0.1, -0.05) is 11.8 Å². The number of nitrogens with zero attached hydrogens (tertiary/aromatic N) is 1. The molecule has 2 rings (SSSR count). The minimum atomic E-state index is -0.215. The normalized spacial score (nSPS) is 9.84. The molecule has 0 aliphatic heterocycles. The maximum Gasteiger partial charge on any atom is 0.123 e. The Hall–Kier alpha value is -1.83. The van der Waals surface area contributed by atoms with Crippen LogP contribution < -0.4 is 10.6 Å². The second-order valence-corrected chi connectivity index (χ2v) is 5.14. The van der Waals surface area contributed by atoms with Gasteiger partial charge < -0.3 is 10.6 Å². The first-order chi connectivity index (χ1) is 9.19. The zero-order valence-electron chi connectivity index (χ0n) is 10.7. The Morgan fingerprint density at radius 3 is 2.74 bits per heavy atom. The lowest BCUT2D eigenvalue weighted by molar-refractivity contribution is 0.627. The van der Waals surface area contributed by atoms with Crippen molar-refractivity contribution in [1.29, 1.82) is 0 Å². The standard InChI is InChI=1S/C15H15FN2S/c1-18(14-6-4-13(16)5-7-14)10-15-9-12(11-19-15)3-2-8-17/h4-7,9,11H,8,10,17H2,1H3. The van der Waals surface area contributed by atoms with Gasteiger partial charge in [0, 0.05) is 28.6 Å². The fraction of sp³-hybridized carbons (Fsp3) is 0.200. The predicted molar refractivity (Wildman–Crippen MR) is 78.8 cm³/mol. The summed E-state index contributed by atoms with van der Waals surface area (Å²) in [5.41, 5.74) is 7.33.